The quantitative estimate of drug-likeness (QED) is 0.527. The lowest BCUT2D eigenvalue weighted by Crippen LogP contribution is -2.20. The number of anilines is 1. The van der Waals surface area contributed by atoms with Crippen molar-refractivity contribution in [3.8, 4) is 10.7 Å². The van der Waals surface area contributed by atoms with Crippen molar-refractivity contribution in [3.63, 3.8) is 0 Å². The summed E-state index contributed by atoms with van der Waals surface area (Å²) in [5.74, 6) is -0.440. The fourth-order valence-electron chi connectivity index (χ4n) is 2.85. The van der Waals surface area contributed by atoms with Gasteiger partial charge in [-0.3, -0.25) is 14.9 Å². The van der Waals surface area contributed by atoms with Gasteiger partial charge in [-0.1, -0.05) is 18.2 Å². The summed E-state index contributed by atoms with van der Waals surface area (Å²) in [6.07, 6.45) is 0.185. The molecule has 2 N–H and O–H groups in total. The number of aromatic nitrogens is 3. The van der Waals surface area contributed by atoms with E-state index in [1.165, 1.54) is 22.7 Å². The van der Waals surface area contributed by atoms with Gasteiger partial charge >= 0.3 is 0 Å². The summed E-state index contributed by atoms with van der Waals surface area (Å²) in [5, 5.41) is 11.2. The molecule has 0 fully saturated rings. The zero-order valence-electron chi connectivity index (χ0n) is 15.2. The van der Waals surface area contributed by atoms with Gasteiger partial charge in [-0.15, -0.1) is 22.7 Å². The van der Waals surface area contributed by atoms with E-state index < -0.39 is 0 Å². The maximum atomic E-state index is 12.5. The molecular weight excluding hydrogens is 394 g/mol. The molecule has 0 spiro atoms. The van der Waals surface area contributed by atoms with Gasteiger partial charge in [0.25, 0.3) is 5.91 Å². The Morgan fingerprint density at radius 1 is 1.14 bits per heavy atom. The molecule has 4 aromatic rings. The summed E-state index contributed by atoms with van der Waals surface area (Å²) in [6.45, 7) is 0. The number of nitrogens with one attached hydrogen (secondary N) is 2. The number of nitrogens with zero attached hydrogens (tertiary/aromatic N) is 3. The van der Waals surface area contributed by atoms with Gasteiger partial charge in [0.2, 0.25) is 5.91 Å². The largest absolute Gasteiger partial charge is 0.359 e. The van der Waals surface area contributed by atoms with Gasteiger partial charge in [-0.05, 0) is 12.1 Å². The first-order valence-corrected chi connectivity index (χ1v) is 10.3. The molecular formula is C19H17N5O2S2. The van der Waals surface area contributed by atoms with Crippen LogP contribution in [0.3, 0.4) is 0 Å². The zero-order chi connectivity index (χ0) is 19.7. The van der Waals surface area contributed by atoms with Crippen LogP contribution in [-0.4, -0.2) is 33.4 Å². The molecule has 0 radical (unpaired) electrons. The third-order valence-corrected chi connectivity index (χ3v) is 5.97. The van der Waals surface area contributed by atoms with Crippen LogP contribution >= 0.6 is 22.7 Å². The standard InChI is InChI=1S/C19H17N5O2S2/c1-20-16(25)8-12-9-28-19(21-12)23-17(26)13-10-27-18(22-13)15-7-11-5-3-4-6-14(11)24(15)2/h3-7,9-10H,8H2,1-2H3,(H,20,25)(H,21,23,26). The van der Waals surface area contributed by atoms with E-state index >= 15 is 0 Å². The van der Waals surface area contributed by atoms with Gasteiger partial charge in [0.15, 0.2) is 5.13 Å². The average Bonchev–Trinajstić information content (AvgIpc) is 3.41. The predicted molar refractivity (Wildman–Crippen MR) is 112 cm³/mol. The molecule has 7 nitrogen and oxygen atoms in total. The van der Waals surface area contributed by atoms with Gasteiger partial charge in [-0.2, -0.15) is 0 Å². The number of fused-ring (bicyclic) bond motifs is 1. The highest BCUT2D eigenvalue weighted by molar-refractivity contribution is 7.14. The third kappa shape index (κ3) is 3.54. The van der Waals surface area contributed by atoms with E-state index in [9.17, 15) is 9.59 Å². The van der Waals surface area contributed by atoms with E-state index in [-0.39, 0.29) is 18.2 Å². The Hall–Kier alpha value is -3.04. The van der Waals surface area contributed by atoms with Crippen molar-refractivity contribution < 1.29 is 9.59 Å². The summed E-state index contributed by atoms with van der Waals surface area (Å²) >= 11 is 2.71. The summed E-state index contributed by atoms with van der Waals surface area (Å²) in [7, 11) is 3.56. The van der Waals surface area contributed by atoms with Gasteiger partial charge in [0.1, 0.15) is 10.7 Å². The fourth-order valence-corrected chi connectivity index (χ4v) is 4.41. The summed E-state index contributed by atoms with van der Waals surface area (Å²) < 4.78 is 2.07. The monoisotopic (exact) mass is 411 g/mol. The Bertz CT molecular complexity index is 1170. The topological polar surface area (TPSA) is 88.9 Å². The Morgan fingerprint density at radius 2 is 1.96 bits per heavy atom. The van der Waals surface area contributed by atoms with Gasteiger partial charge in [0.05, 0.1) is 17.8 Å². The smallest absolute Gasteiger partial charge is 0.276 e. The van der Waals surface area contributed by atoms with Crippen molar-refractivity contribution in [2.45, 2.75) is 6.42 Å². The molecule has 0 aliphatic rings. The minimum Gasteiger partial charge on any atom is -0.359 e. The molecule has 0 unspecified atom stereocenters. The van der Waals surface area contributed by atoms with Crippen molar-refractivity contribution in [3.05, 3.63) is 52.5 Å². The average molecular weight is 412 g/mol. The highest BCUT2D eigenvalue weighted by atomic mass is 32.1. The van der Waals surface area contributed by atoms with E-state index in [4.69, 9.17) is 0 Å². The molecule has 0 aliphatic carbocycles. The molecule has 2 amide bonds. The summed E-state index contributed by atoms with van der Waals surface area (Å²) in [6, 6.07) is 10.2. The number of carbonyl (C=O) groups is 2. The first-order valence-electron chi connectivity index (χ1n) is 8.52. The Morgan fingerprint density at radius 3 is 2.75 bits per heavy atom. The molecule has 0 bridgehead atoms. The first kappa shape index (κ1) is 18.3. The SMILES string of the molecule is CNC(=O)Cc1csc(NC(=O)c2csc(-c3cc4ccccc4n3C)n2)n1. The molecule has 142 valence electrons. The van der Waals surface area contributed by atoms with Crippen LogP contribution in [0.4, 0.5) is 5.13 Å². The number of likely N-dealkylation sites (N-methyl/N-ethyl adjacent to an activating group) is 1. The lowest BCUT2D eigenvalue weighted by molar-refractivity contribution is -0.120. The second-order valence-electron chi connectivity index (χ2n) is 6.13. The number of benzene rings is 1. The van der Waals surface area contributed by atoms with Crippen LogP contribution in [0.5, 0.6) is 0 Å². The molecule has 3 aromatic heterocycles. The number of hydrogen-bond acceptors (Lipinski definition) is 6. The first-order chi connectivity index (χ1) is 13.5. The number of amides is 2. The summed E-state index contributed by atoms with van der Waals surface area (Å²) in [4.78, 5) is 32.7. The predicted octanol–water partition coefficient (Wildman–Crippen LogP) is 3.30. The van der Waals surface area contributed by atoms with E-state index in [1.807, 2.05) is 19.2 Å². The van der Waals surface area contributed by atoms with Crippen molar-refractivity contribution >= 4 is 50.5 Å². The maximum Gasteiger partial charge on any atom is 0.276 e. The van der Waals surface area contributed by atoms with E-state index in [0.717, 1.165) is 21.6 Å². The fraction of sp³-hybridized carbons (Fsp3) is 0.158. The minimum atomic E-state index is -0.317. The van der Waals surface area contributed by atoms with Crippen molar-refractivity contribution in [2.24, 2.45) is 7.05 Å². The lowest BCUT2D eigenvalue weighted by Gasteiger charge is -2.00. The molecule has 0 saturated heterocycles. The molecule has 28 heavy (non-hydrogen) atoms. The zero-order valence-corrected chi connectivity index (χ0v) is 16.9. The van der Waals surface area contributed by atoms with Crippen LogP contribution in [0.2, 0.25) is 0 Å². The second-order valence-corrected chi connectivity index (χ2v) is 7.85. The van der Waals surface area contributed by atoms with E-state index in [2.05, 4.69) is 43.4 Å². The van der Waals surface area contributed by atoms with Crippen LogP contribution in [0, 0.1) is 0 Å². The number of rotatable bonds is 5. The van der Waals surface area contributed by atoms with Crippen LogP contribution in [0.25, 0.3) is 21.6 Å². The highest BCUT2D eigenvalue weighted by Gasteiger charge is 2.16. The Balaban J connectivity index is 1.51. The van der Waals surface area contributed by atoms with Crippen molar-refractivity contribution in [2.75, 3.05) is 12.4 Å². The normalized spacial score (nSPS) is 10.9. The minimum absolute atomic E-state index is 0.123. The molecule has 0 saturated carbocycles. The third-order valence-electron chi connectivity index (χ3n) is 4.30. The Labute approximate surface area is 169 Å². The summed E-state index contributed by atoms with van der Waals surface area (Å²) in [5.41, 5.74) is 3.04. The highest BCUT2D eigenvalue weighted by Crippen LogP contribution is 2.29. The van der Waals surface area contributed by atoms with Crippen molar-refractivity contribution in [1.82, 2.24) is 19.9 Å². The van der Waals surface area contributed by atoms with Crippen LogP contribution in [0.1, 0.15) is 16.2 Å². The lowest BCUT2D eigenvalue weighted by atomic mass is 10.2. The van der Waals surface area contributed by atoms with Crippen molar-refractivity contribution in [1.29, 1.82) is 0 Å². The Kier molecular flexibility index (Phi) is 4.93. The second kappa shape index (κ2) is 7.53. The van der Waals surface area contributed by atoms with Crippen LogP contribution < -0.4 is 10.6 Å². The van der Waals surface area contributed by atoms with Gasteiger partial charge in [-0.25, -0.2) is 9.97 Å². The molecule has 9 heteroatoms. The van der Waals surface area contributed by atoms with Crippen LogP contribution in [-0.2, 0) is 18.3 Å². The van der Waals surface area contributed by atoms with Crippen LogP contribution in [0.15, 0.2) is 41.1 Å². The molecule has 4 rings (SSSR count). The molecule has 1 aromatic carbocycles. The number of hydrogen-bond donors (Lipinski definition) is 2. The number of para-hydroxylation sites is 1. The molecule has 3 heterocycles. The van der Waals surface area contributed by atoms with E-state index in [1.54, 1.807) is 17.8 Å². The molecule has 0 aliphatic heterocycles. The maximum absolute atomic E-state index is 12.5. The van der Waals surface area contributed by atoms with Gasteiger partial charge < -0.3 is 9.88 Å². The molecule has 0 atom stereocenters. The number of aryl methyl sites for hydroxylation is 1. The van der Waals surface area contributed by atoms with E-state index in [0.29, 0.717) is 16.5 Å². The number of thiazole rings is 2. The van der Waals surface area contributed by atoms with Gasteiger partial charge in [0, 0.05) is 35.8 Å². The number of carbonyl (C=O) groups excluding carboxylic acids is 2.